The van der Waals surface area contributed by atoms with E-state index in [1.54, 1.807) is 58.2 Å². The first kappa shape index (κ1) is 56.1. The van der Waals surface area contributed by atoms with Gasteiger partial charge >= 0.3 is 11.9 Å². The van der Waals surface area contributed by atoms with Crippen molar-refractivity contribution in [2.24, 2.45) is 34.0 Å². The first-order chi connectivity index (χ1) is 31.1. The Kier molecular flexibility index (Phi) is 23.8. The molecule has 7 amide bonds. The minimum atomic E-state index is -1.74. The van der Waals surface area contributed by atoms with Crippen LogP contribution in [0.5, 0.6) is 0 Å². The Morgan fingerprint density at radius 2 is 1.35 bits per heavy atom. The maximum absolute atomic E-state index is 13.9. The summed E-state index contributed by atoms with van der Waals surface area (Å²) in [6, 6.07) is -2.30. The second kappa shape index (κ2) is 28.1. The molecule has 16 N–H and O–H groups in total. The monoisotopic (exact) mass is 964 g/mol. The Balaban J connectivity index is 2.40. The highest BCUT2D eigenvalue weighted by Crippen LogP contribution is 2.19. The predicted molar refractivity (Wildman–Crippen MR) is 251 cm³/mol. The van der Waals surface area contributed by atoms with Crippen LogP contribution in [0.3, 0.4) is 0 Å². The van der Waals surface area contributed by atoms with Crippen LogP contribution in [0.1, 0.15) is 65.4 Å². The normalized spacial score (nSPS) is 14.7. The average molecular weight is 965 g/mol. The molecule has 366 valence electrons. The molecule has 25 heteroatoms. The number of carboxylic acids is 2. The third-order valence-corrected chi connectivity index (χ3v) is 11.0. The van der Waals surface area contributed by atoms with Gasteiger partial charge < -0.3 is 69.6 Å². The van der Waals surface area contributed by atoms with E-state index in [4.69, 9.17) is 17.2 Å². The van der Waals surface area contributed by atoms with Gasteiger partial charge in [-0.05, 0) is 42.7 Å². The molecule has 0 bridgehead atoms. The van der Waals surface area contributed by atoms with Crippen LogP contribution in [0.2, 0.25) is 0 Å². The Labute approximate surface area is 392 Å². The number of nitrogens with zero attached hydrogens (tertiary/aromatic N) is 1. The Hall–Kier alpha value is -6.08. The molecular formula is C41H64N12O11S2. The summed E-state index contributed by atoms with van der Waals surface area (Å²) in [6.45, 7) is 6.30. The molecule has 0 saturated carbocycles. The number of aromatic nitrogens is 1. The number of nitrogens with two attached hydrogens (primary N) is 3. The fourth-order valence-electron chi connectivity index (χ4n) is 6.43. The van der Waals surface area contributed by atoms with Gasteiger partial charge in [-0.1, -0.05) is 52.3 Å². The Bertz CT molecular complexity index is 2050. The fourth-order valence-corrected chi connectivity index (χ4v) is 6.85. The van der Waals surface area contributed by atoms with E-state index >= 15 is 0 Å². The van der Waals surface area contributed by atoms with E-state index in [1.165, 1.54) is 0 Å². The summed E-state index contributed by atoms with van der Waals surface area (Å²) in [5.74, 6) is -9.93. The number of fused-ring (bicyclic) bond motifs is 1. The second-order valence-electron chi connectivity index (χ2n) is 16.0. The van der Waals surface area contributed by atoms with Gasteiger partial charge in [0, 0.05) is 41.6 Å². The number of hydrogen-bond acceptors (Lipinski definition) is 13. The van der Waals surface area contributed by atoms with Crippen molar-refractivity contribution in [3.8, 4) is 0 Å². The van der Waals surface area contributed by atoms with Crippen molar-refractivity contribution in [2.75, 3.05) is 24.6 Å². The lowest BCUT2D eigenvalue weighted by Gasteiger charge is -2.27. The highest BCUT2D eigenvalue weighted by Gasteiger charge is 2.34. The van der Waals surface area contributed by atoms with Crippen LogP contribution in [-0.2, 0) is 49.6 Å². The number of nitrogens with one attached hydrogen (secondary N) is 8. The van der Waals surface area contributed by atoms with E-state index < -0.39 is 114 Å². The SMILES string of the molecule is CC[C@H](C)[C@H](NC(=O)[C@H](CCCN=C(N)N)NC(=O)CNC(=O)[C@H](Cc1c[nH]c2ccccc12)NC(=O)[C@H](CC(=O)O)NC(=O)[C@H](CC(C)C)NC(=O)[C@@H](N)CS)C(=O)N[C@@H](CS)C(=O)O. The van der Waals surface area contributed by atoms with Crippen LogP contribution in [-0.4, -0.2) is 141 Å². The molecule has 0 radical (unpaired) electrons. The molecule has 23 nitrogen and oxygen atoms in total. The number of carboxylic acid groups (broad SMARTS) is 2. The minimum absolute atomic E-state index is 0.0297. The number of para-hydroxylation sites is 1. The van der Waals surface area contributed by atoms with E-state index in [0.29, 0.717) is 22.9 Å². The average Bonchev–Trinajstić information content (AvgIpc) is 3.67. The van der Waals surface area contributed by atoms with Crippen molar-refractivity contribution < 1.29 is 53.4 Å². The molecule has 0 aliphatic heterocycles. The molecule has 0 unspecified atom stereocenters. The summed E-state index contributed by atoms with van der Waals surface area (Å²) in [6.07, 6.45) is 1.12. The molecule has 0 fully saturated rings. The van der Waals surface area contributed by atoms with Gasteiger partial charge in [-0.2, -0.15) is 25.3 Å². The maximum Gasteiger partial charge on any atom is 0.327 e. The summed E-state index contributed by atoms with van der Waals surface area (Å²) in [5.41, 5.74) is 17.9. The second-order valence-corrected chi connectivity index (χ2v) is 16.7. The van der Waals surface area contributed by atoms with Crippen LogP contribution in [0.15, 0.2) is 35.5 Å². The summed E-state index contributed by atoms with van der Waals surface area (Å²) < 4.78 is 0. The lowest BCUT2D eigenvalue weighted by molar-refractivity contribution is -0.142. The lowest BCUT2D eigenvalue weighted by Crippen LogP contribution is -2.59. The highest BCUT2D eigenvalue weighted by molar-refractivity contribution is 7.80. The Morgan fingerprint density at radius 1 is 0.742 bits per heavy atom. The van der Waals surface area contributed by atoms with E-state index in [2.05, 4.69) is 72.5 Å². The minimum Gasteiger partial charge on any atom is -0.481 e. The number of guanidine groups is 1. The zero-order chi connectivity index (χ0) is 49.7. The van der Waals surface area contributed by atoms with Gasteiger partial charge in [-0.25, -0.2) is 4.79 Å². The molecule has 0 spiro atoms. The number of aliphatic carboxylic acids is 2. The van der Waals surface area contributed by atoms with Crippen molar-refractivity contribution >= 4 is 95.4 Å². The van der Waals surface area contributed by atoms with Crippen LogP contribution in [0.25, 0.3) is 10.9 Å². The van der Waals surface area contributed by atoms with Gasteiger partial charge in [0.05, 0.1) is 19.0 Å². The van der Waals surface area contributed by atoms with E-state index in [-0.39, 0.29) is 55.6 Å². The number of hydrogen-bond donors (Lipinski definition) is 15. The molecule has 0 aliphatic rings. The Morgan fingerprint density at radius 3 is 1.94 bits per heavy atom. The number of aliphatic imine (C=N–C) groups is 1. The first-order valence-electron chi connectivity index (χ1n) is 21.2. The molecule has 1 aromatic carbocycles. The standard InChI is InChI=1S/C41H64N12O11S2/c1-5-21(4)33(39(62)52-30(19-66)40(63)64)53-36(59)26(11-8-12-45-41(43)44)48-31(54)17-47-35(58)28(14-22-16-46-25-10-7-6-9-23(22)25)50-38(61)29(15-32(55)56)51-37(60)27(13-20(2)3)49-34(57)24(42)18-65/h6-7,9-10,16,20-21,24,26-30,33,46,65-66H,5,8,11-15,17-19,42H2,1-4H3,(H,47,58)(H,48,54)(H,49,57)(H,50,61)(H,51,60)(H,52,62)(H,53,59)(H,55,56)(H,63,64)(H4,43,44,45)/t21-,24-,26-,27-,28-,29-,30-,33-/m0/s1. The van der Waals surface area contributed by atoms with Crippen LogP contribution in [0, 0.1) is 11.8 Å². The first-order valence-corrected chi connectivity index (χ1v) is 22.5. The fraction of sp³-hybridized carbons (Fsp3) is 0.561. The highest BCUT2D eigenvalue weighted by atomic mass is 32.1. The number of H-pyrrole nitrogens is 1. The zero-order valence-electron chi connectivity index (χ0n) is 37.3. The molecule has 0 saturated heterocycles. The van der Waals surface area contributed by atoms with Gasteiger partial charge in [-0.15, -0.1) is 0 Å². The summed E-state index contributed by atoms with van der Waals surface area (Å²) >= 11 is 7.99. The molecule has 8 atom stereocenters. The van der Waals surface area contributed by atoms with Crippen molar-refractivity contribution in [2.45, 2.75) is 109 Å². The van der Waals surface area contributed by atoms with Crippen molar-refractivity contribution in [1.29, 1.82) is 0 Å². The van der Waals surface area contributed by atoms with Gasteiger partial charge in [0.2, 0.25) is 41.4 Å². The zero-order valence-corrected chi connectivity index (χ0v) is 39.1. The number of thiol groups is 2. The molecule has 66 heavy (non-hydrogen) atoms. The molecule has 0 aliphatic carbocycles. The van der Waals surface area contributed by atoms with Gasteiger partial charge in [0.1, 0.15) is 36.3 Å². The molecule has 2 aromatic rings. The number of rotatable bonds is 29. The largest absolute Gasteiger partial charge is 0.481 e. The maximum atomic E-state index is 13.9. The van der Waals surface area contributed by atoms with Crippen molar-refractivity contribution in [3.63, 3.8) is 0 Å². The van der Waals surface area contributed by atoms with Gasteiger partial charge in [-0.3, -0.25) is 43.3 Å². The molecule has 1 heterocycles. The number of carbonyl (C=O) groups is 9. The molecular weight excluding hydrogens is 901 g/mol. The van der Waals surface area contributed by atoms with Crippen LogP contribution < -0.4 is 54.4 Å². The van der Waals surface area contributed by atoms with Crippen LogP contribution >= 0.6 is 25.3 Å². The number of benzene rings is 1. The molecule has 2 rings (SSSR count). The molecule has 1 aromatic heterocycles. The van der Waals surface area contributed by atoms with Gasteiger partial charge in [0.15, 0.2) is 5.96 Å². The van der Waals surface area contributed by atoms with Crippen molar-refractivity contribution in [3.05, 3.63) is 36.0 Å². The summed E-state index contributed by atoms with van der Waals surface area (Å²) in [4.78, 5) is 125. The summed E-state index contributed by atoms with van der Waals surface area (Å²) in [7, 11) is 0. The lowest BCUT2D eigenvalue weighted by atomic mass is 9.97. The number of aromatic amines is 1. The number of amides is 7. The topological polar surface area (TPSA) is 385 Å². The quantitative estimate of drug-likeness (QED) is 0.0175. The predicted octanol–water partition coefficient (Wildman–Crippen LogP) is -2.37. The van der Waals surface area contributed by atoms with E-state index in [0.717, 1.165) is 0 Å². The van der Waals surface area contributed by atoms with E-state index in [1.807, 2.05) is 0 Å². The third-order valence-electron chi connectivity index (χ3n) is 10.2. The van der Waals surface area contributed by atoms with E-state index in [9.17, 15) is 53.4 Å². The van der Waals surface area contributed by atoms with Crippen LogP contribution in [0.4, 0.5) is 0 Å². The smallest absolute Gasteiger partial charge is 0.327 e. The number of carbonyl (C=O) groups excluding carboxylic acids is 7. The van der Waals surface area contributed by atoms with Crippen molar-refractivity contribution in [1.82, 2.24) is 42.2 Å². The summed E-state index contributed by atoms with van der Waals surface area (Å²) in [5, 5.41) is 37.2. The van der Waals surface area contributed by atoms with Gasteiger partial charge in [0.25, 0.3) is 0 Å². The third kappa shape index (κ3) is 18.8.